The standard InChI is InChI=1S/C16H19NO/c1-6-14(12(4)17-11(2)3)16-10-8-7-9-15(16)13(5)18/h6-10H,1H2,2-5H3/b14-12+. The highest BCUT2D eigenvalue weighted by atomic mass is 16.1. The lowest BCUT2D eigenvalue weighted by Gasteiger charge is -2.10. The van der Waals surface area contributed by atoms with Crippen molar-refractivity contribution in [3.05, 3.63) is 53.7 Å². The third-order valence-corrected chi connectivity index (χ3v) is 2.58. The molecule has 0 bridgehead atoms. The molecule has 0 N–H and O–H groups in total. The molecule has 0 aromatic heterocycles. The van der Waals surface area contributed by atoms with E-state index in [-0.39, 0.29) is 5.78 Å². The van der Waals surface area contributed by atoms with Gasteiger partial charge < -0.3 is 0 Å². The molecule has 18 heavy (non-hydrogen) atoms. The van der Waals surface area contributed by atoms with Crippen molar-refractivity contribution in [2.45, 2.75) is 27.7 Å². The Balaban J connectivity index is 3.48. The zero-order valence-corrected chi connectivity index (χ0v) is 11.4. The van der Waals surface area contributed by atoms with Crippen molar-refractivity contribution in [1.29, 1.82) is 0 Å². The molecule has 0 fully saturated rings. The van der Waals surface area contributed by atoms with Gasteiger partial charge in [-0.05, 0) is 33.3 Å². The summed E-state index contributed by atoms with van der Waals surface area (Å²) in [6, 6.07) is 7.54. The van der Waals surface area contributed by atoms with Crippen LogP contribution in [-0.4, -0.2) is 11.5 Å². The lowest BCUT2D eigenvalue weighted by Crippen LogP contribution is -1.99. The van der Waals surface area contributed by atoms with E-state index in [2.05, 4.69) is 11.6 Å². The molecule has 2 nitrogen and oxygen atoms in total. The van der Waals surface area contributed by atoms with E-state index in [0.717, 1.165) is 22.5 Å². The first-order valence-electron chi connectivity index (χ1n) is 5.93. The zero-order valence-electron chi connectivity index (χ0n) is 11.4. The fourth-order valence-corrected chi connectivity index (χ4v) is 1.87. The van der Waals surface area contributed by atoms with E-state index in [1.165, 1.54) is 0 Å². The molecular formula is C16H19NO. The molecule has 0 aliphatic heterocycles. The Morgan fingerprint density at radius 3 is 2.11 bits per heavy atom. The van der Waals surface area contributed by atoms with Crippen molar-refractivity contribution in [3.63, 3.8) is 0 Å². The number of aliphatic imine (C=N–C) groups is 1. The molecule has 0 aliphatic carbocycles. The normalized spacial score (nSPS) is 11.6. The zero-order chi connectivity index (χ0) is 13.7. The van der Waals surface area contributed by atoms with Crippen molar-refractivity contribution in [1.82, 2.24) is 0 Å². The van der Waals surface area contributed by atoms with Crippen molar-refractivity contribution in [2.24, 2.45) is 4.99 Å². The van der Waals surface area contributed by atoms with Crippen molar-refractivity contribution in [2.75, 3.05) is 0 Å². The maximum absolute atomic E-state index is 11.6. The first-order valence-corrected chi connectivity index (χ1v) is 5.93. The molecule has 0 aliphatic rings. The van der Waals surface area contributed by atoms with Crippen LogP contribution in [0.15, 0.2) is 47.6 Å². The van der Waals surface area contributed by atoms with Gasteiger partial charge in [0, 0.05) is 22.5 Å². The van der Waals surface area contributed by atoms with Gasteiger partial charge in [0.15, 0.2) is 5.78 Å². The summed E-state index contributed by atoms with van der Waals surface area (Å²) in [6.45, 7) is 11.2. The fraction of sp³-hybridized carbons (Fsp3) is 0.250. The fourth-order valence-electron chi connectivity index (χ4n) is 1.87. The smallest absolute Gasteiger partial charge is 0.160 e. The van der Waals surface area contributed by atoms with E-state index in [1.54, 1.807) is 13.0 Å². The predicted octanol–water partition coefficient (Wildman–Crippen LogP) is 4.29. The van der Waals surface area contributed by atoms with Gasteiger partial charge in [-0.2, -0.15) is 0 Å². The third-order valence-electron chi connectivity index (χ3n) is 2.58. The third kappa shape index (κ3) is 3.27. The number of carbonyl (C=O) groups excluding carboxylic acids is 1. The van der Waals surface area contributed by atoms with E-state index in [4.69, 9.17) is 0 Å². The molecule has 2 heteroatoms. The number of hydrogen-bond acceptors (Lipinski definition) is 2. The van der Waals surface area contributed by atoms with Crippen LogP contribution in [0.3, 0.4) is 0 Å². The topological polar surface area (TPSA) is 29.4 Å². The maximum Gasteiger partial charge on any atom is 0.160 e. The number of allylic oxidation sites excluding steroid dienone is 3. The van der Waals surface area contributed by atoms with Gasteiger partial charge >= 0.3 is 0 Å². The average Bonchev–Trinajstić information content (AvgIpc) is 2.29. The number of benzene rings is 1. The molecule has 1 rings (SSSR count). The van der Waals surface area contributed by atoms with Gasteiger partial charge in [-0.1, -0.05) is 36.9 Å². The Kier molecular flexibility index (Phi) is 4.78. The van der Waals surface area contributed by atoms with Gasteiger partial charge in [0.1, 0.15) is 0 Å². The molecule has 0 spiro atoms. The largest absolute Gasteiger partial charge is 0.294 e. The number of rotatable bonds is 4. The molecule has 0 heterocycles. The number of nitrogens with zero attached hydrogens (tertiary/aromatic N) is 1. The summed E-state index contributed by atoms with van der Waals surface area (Å²) in [5.74, 6) is 0.0509. The molecule has 0 unspecified atom stereocenters. The average molecular weight is 241 g/mol. The number of ketones is 1. The van der Waals surface area contributed by atoms with E-state index in [1.807, 2.05) is 45.0 Å². The van der Waals surface area contributed by atoms with Crippen LogP contribution in [0.5, 0.6) is 0 Å². The summed E-state index contributed by atoms with van der Waals surface area (Å²) >= 11 is 0. The minimum absolute atomic E-state index is 0.0509. The van der Waals surface area contributed by atoms with Crippen LogP contribution in [0.4, 0.5) is 0 Å². The number of carbonyl (C=O) groups is 1. The van der Waals surface area contributed by atoms with E-state index >= 15 is 0 Å². The van der Waals surface area contributed by atoms with Gasteiger partial charge in [0.25, 0.3) is 0 Å². The molecule has 0 saturated carbocycles. The van der Waals surface area contributed by atoms with E-state index in [0.29, 0.717) is 5.56 Å². The number of hydrogen-bond donors (Lipinski definition) is 0. The lowest BCUT2D eigenvalue weighted by molar-refractivity contribution is 0.101. The molecule has 0 amide bonds. The van der Waals surface area contributed by atoms with E-state index < -0.39 is 0 Å². The summed E-state index contributed by atoms with van der Waals surface area (Å²) in [6.07, 6.45) is 1.75. The summed E-state index contributed by atoms with van der Waals surface area (Å²) in [5, 5.41) is 0. The molecule has 1 aromatic carbocycles. The lowest BCUT2D eigenvalue weighted by atomic mass is 9.96. The SMILES string of the molecule is C=C/C(=C(/C)N=C(C)C)c1ccccc1C(C)=O. The van der Waals surface area contributed by atoms with Crippen molar-refractivity contribution >= 4 is 17.1 Å². The number of Topliss-reactive ketones (excluding diaryl/α,β-unsaturated/α-hetero) is 1. The van der Waals surface area contributed by atoms with Gasteiger partial charge in [-0.25, -0.2) is 0 Å². The predicted molar refractivity (Wildman–Crippen MR) is 78.0 cm³/mol. The Hall–Kier alpha value is -1.96. The minimum Gasteiger partial charge on any atom is -0.294 e. The van der Waals surface area contributed by atoms with Crippen LogP contribution in [0.25, 0.3) is 5.57 Å². The monoisotopic (exact) mass is 241 g/mol. The second kappa shape index (κ2) is 6.10. The Bertz CT molecular complexity index is 532. The summed E-state index contributed by atoms with van der Waals surface area (Å²) < 4.78 is 0. The van der Waals surface area contributed by atoms with Gasteiger partial charge in [-0.15, -0.1) is 0 Å². The van der Waals surface area contributed by atoms with Crippen LogP contribution in [-0.2, 0) is 0 Å². The molecule has 0 atom stereocenters. The Labute approximate surface area is 109 Å². The van der Waals surface area contributed by atoms with Crippen LogP contribution in [0, 0.1) is 0 Å². The molecule has 94 valence electrons. The summed E-state index contributed by atoms with van der Waals surface area (Å²) in [7, 11) is 0. The van der Waals surface area contributed by atoms with Crippen LogP contribution in [0.1, 0.15) is 43.6 Å². The second-order valence-corrected chi connectivity index (χ2v) is 4.36. The maximum atomic E-state index is 11.6. The highest BCUT2D eigenvalue weighted by molar-refractivity contribution is 6.00. The minimum atomic E-state index is 0.0509. The van der Waals surface area contributed by atoms with Crippen molar-refractivity contribution in [3.8, 4) is 0 Å². The molecule has 1 aromatic rings. The Morgan fingerprint density at radius 2 is 1.67 bits per heavy atom. The van der Waals surface area contributed by atoms with Gasteiger partial charge in [-0.3, -0.25) is 9.79 Å². The molecule has 0 radical (unpaired) electrons. The Morgan fingerprint density at radius 1 is 1.11 bits per heavy atom. The van der Waals surface area contributed by atoms with Crippen molar-refractivity contribution < 1.29 is 4.79 Å². The first kappa shape index (κ1) is 14.1. The highest BCUT2D eigenvalue weighted by Crippen LogP contribution is 2.24. The quantitative estimate of drug-likeness (QED) is 0.439. The van der Waals surface area contributed by atoms with Crippen LogP contribution >= 0.6 is 0 Å². The second-order valence-electron chi connectivity index (χ2n) is 4.36. The molecular weight excluding hydrogens is 222 g/mol. The molecule has 0 saturated heterocycles. The van der Waals surface area contributed by atoms with Gasteiger partial charge in [0.2, 0.25) is 0 Å². The first-order chi connectivity index (χ1) is 8.47. The highest BCUT2D eigenvalue weighted by Gasteiger charge is 2.10. The summed E-state index contributed by atoms with van der Waals surface area (Å²) in [5.41, 5.74) is 4.35. The van der Waals surface area contributed by atoms with E-state index in [9.17, 15) is 4.79 Å². The van der Waals surface area contributed by atoms with Gasteiger partial charge in [0.05, 0.1) is 0 Å². The van der Waals surface area contributed by atoms with Crippen LogP contribution < -0.4 is 0 Å². The summed E-state index contributed by atoms with van der Waals surface area (Å²) in [4.78, 5) is 16.1. The van der Waals surface area contributed by atoms with Crippen LogP contribution in [0.2, 0.25) is 0 Å².